The summed E-state index contributed by atoms with van der Waals surface area (Å²) in [7, 11) is 1.37. The Bertz CT molecular complexity index is 877. The van der Waals surface area contributed by atoms with Crippen LogP contribution in [0.4, 0.5) is 18.7 Å². The van der Waals surface area contributed by atoms with Crippen molar-refractivity contribution in [2.75, 3.05) is 31.6 Å². The van der Waals surface area contributed by atoms with Gasteiger partial charge in [-0.1, -0.05) is 6.07 Å². The molecule has 1 saturated heterocycles. The lowest BCUT2D eigenvalue weighted by molar-refractivity contribution is -0.120. The molecule has 0 aliphatic carbocycles. The summed E-state index contributed by atoms with van der Waals surface area (Å²) >= 11 is 1.31. The number of benzene rings is 1. The van der Waals surface area contributed by atoms with Gasteiger partial charge in [0.1, 0.15) is 0 Å². The minimum absolute atomic E-state index is 0.0488. The van der Waals surface area contributed by atoms with Crippen LogP contribution >= 0.6 is 11.3 Å². The van der Waals surface area contributed by atoms with E-state index < -0.39 is 6.61 Å². The van der Waals surface area contributed by atoms with Gasteiger partial charge in [0.2, 0.25) is 5.91 Å². The summed E-state index contributed by atoms with van der Waals surface area (Å²) in [5.74, 6) is -0.0540. The fourth-order valence-corrected chi connectivity index (χ4v) is 3.64. The van der Waals surface area contributed by atoms with E-state index in [9.17, 15) is 18.4 Å². The van der Waals surface area contributed by atoms with Crippen LogP contribution in [0.15, 0.2) is 23.6 Å². The molecule has 1 aliphatic rings. The maximum absolute atomic E-state index is 12.5. The number of amides is 3. The molecule has 3 amide bonds. The first-order valence-electron chi connectivity index (χ1n) is 8.84. The van der Waals surface area contributed by atoms with Crippen molar-refractivity contribution >= 4 is 28.4 Å². The average Bonchev–Trinajstić information content (AvgIpc) is 3.30. The molecular formula is C18H20F2N4O4S. The van der Waals surface area contributed by atoms with Crippen LogP contribution in [0.1, 0.15) is 11.3 Å². The van der Waals surface area contributed by atoms with E-state index in [1.165, 1.54) is 29.4 Å². The first-order chi connectivity index (χ1) is 14.0. The number of ether oxygens (including phenoxy) is 2. The smallest absolute Gasteiger partial charge is 0.387 e. The summed E-state index contributed by atoms with van der Waals surface area (Å²) < 4.78 is 34.4. The van der Waals surface area contributed by atoms with Crippen LogP contribution in [-0.2, 0) is 17.6 Å². The van der Waals surface area contributed by atoms with Gasteiger partial charge in [0.25, 0.3) is 0 Å². The number of thiazole rings is 1. The SMILES string of the molecule is COc1ccc(CCNC(=O)Cc2csc(N3CCNC3=O)n2)cc1OC(F)F. The van der Waals surface area contributed by atoms with E-state index in [4.69, 9.17) is 4.74 Å². The summed E-state index contributed by atoms with van der Waals surface area (Å²) in [5, 5.41) is 7.78. The molecule has 1 aromatic heterocycles. The van der Waals surface area contributed by atoms with E-state index in [0.29, 0.717) is 36.9 Å². The second-order valence-corrected chi connectivity index (χ2v) is 6.98. The summed E-state index contributed by atoms with van der Waals surface area (Å²) in [5.41, 5.74) is 1.30. The van der Waals surface area contributed by atoms with Crippen molar-refractivity contribution in [2.24, 2.45) is 0 Å². The quantitative estimate of drug-likeness (QED) is 0.641. The van der Waals surface area contributed by atoms with Gasteiger partial charge >= 0.3 is 12.6 Å². The Balaban J connectivity index is 1.49. The number of nitrogens with one attached hydrogen (secondary N) is 2. The van der Waals surface area contributed by atoms with Gasteiger partial charge in [0, 0.05) is 25.0 Å². The topological polar surface area (TPSA) is 92.8 Å². The highest BCUT2D eigenvalue weighted by Crippen LogP contribution is 2.29. The Morgan fingerprint density at radius 2 is 2.24 bits per heavy atom. The van der Waals surface area contributed by atoms with E-state index in [0.717, 1.165) is 5.56 Å². The normalized spacial score (nSPS) is 13.5. The highest BCUT2D eigenvalue weighted by atomic mass is 32.1. The average molecular weight is 426 g/mol. The third kappa shape index (κ3) is 5.53. The van der Waals surface area contributed by atoms with Gasteiger partial charge < -0.3 is 20.1 Å². The maximum Gasteiger partial charge on any atom is 0.387 e. The van der Waals surface area contributed by atoms with Crippen molar-refractivity contribution in [1.29, 1.82) is 0 Å². The number of nitrogens with zero attached hydrogens (tertiary/aromatic N) is 2. The third-order valence-corrected chi connectivity index (χ3v) is 5.06. The maximum atomic E-state index is 12.5. The van der Waals surface area contributed by atoms with Gasteiger partial charge in [0.05, 0.1) is 19.2 Å². The Morgan fingerprint density at radius 1 is 1.41 bits per heavy atom. The Labute approximate surface area is 169 Å². The molecular weight excluding hydrogens is 406 g/mol. The lowest BCUT2D eigenvalue weighted by atomic mass is 10.1. The largest absolute Gasteiger partial charge is 0.493 e. The van der Waals surface area contributed by atoms with Crippen LogP contribution in [-0.4, -0.2) is 50.3 Å². The molecule has 0 radical (unpaired) electrons. The molecule has 29 heavy (non-hydrogen) atoms. The summed E-state index contributed by atoms with van der Waals surface area (Å²) in [6, 6.07) is 4.53. The van der Waals surface area contributed by atoms with Gasteiger partial charge in [0.15, 0.2) is 16.6 Å². The van der Waals surface area contributed by atoms with Crippen LogP contribution in [0, 0.1) is 0 Å². The molecule has 0 unspecified atom stereocenters. The number of alkyl halides is 2. The molecule has 1 aliphatic heterocycles. The number of hydrogen-bond donors (Lipinski definition) is 2. The van der Waals surface area contributed by atoms with E-state index in [1.807, 2.05) is 0 Å². The first kappa shape index (κ1) is 20.8. The minimum Gasteiger partial charge on any atom is -0.493 e. The van der Waals surface area contributed by atoms with Gasteiger partial charge in [-0.15, -0.1) is 11.3 Å². The summed E-state index contributed by atoms with van der Waals surface area (Å²) in [4.78, 5) is 29.6. The summed E-state index contributed by atoms with van der Waals surface area (Å²) in [6.07, 6.45) is 0.528. The zero-order valence-electron chi connectivity index (χ0n) is 15.6. The van der Waals surface area contributed by atoms with Crippen molar-refractivity contribution in [3.05, 3.63) is 34.8 Å². The molecule has 1 fully saturated rings. The second kappa shape index (κ2) is 9.50. The molecule has 2 heterocycles. The molecule has 3 rings (SSSR count). The molecule has 11 heteroatoms. The van der Waals surface area contributed by atoms with E-state index in [-0.39, 0.29) is 29.9 Å². The number of anilines is 1. The lowest BCUT2D eigenvalue weighted by Gasteiger charge is -2.12. The Hall–Kier alpha value is -2.95. The standard InChI is InChI=1S/C18H20F2N4O4S/c1-27-13-3-2-11(8-14(13)28-16(19)20)4-5-21-15(25)9-12-10-29-18(23-12)24-7-6-22-17(24)26/h2-3,8,10,16H,4-7,9H2,1H3,(H,21,25)(H,22,26). The van der Waals surface area contributed by atoms with Crippen molar-refractivity contribution in [3.8, 4) is 11.5 Å². The number of carbonyl (C=O) groups is 2. The van der Waals surface area contributed by atoms with E-state index >= 15 is 0 Å². The van der Waals surface area contributed by atoms with Crippen molar-refractivity contribution in [2.45, 2.75) is 19.5 Å². The minimum atomic E-state index is -2.95. The van der Waals surface area contributed by atoms with E-state index in [1.54, 1.807) is 17.5 Å². The van der Waals surface area contributed by atoms with Crippen LogP contribution in [0.25, 0.3) is 0 Å². The fraction of sp³-hybridized carbons (Fsp3) is 0.389. The molecule has 8 nitrogen and oxygen atoms in total. The Kier molecular flexibility index (Phi) is 6.81. The number of carbonyl (C=O) groups excluding carboxylic acids is 2. The number of aromatic nitrogens is 1. The third-order valence-electron chi connectivity index (χ3n) is 4.15. The second-order valence-electron chi connectivity index (χ2n) is 6.15. The molecule has 0 saturated carbocycles. The number of rotatable bonds is 9. The zero-order chi connectivity index (χ0) is 20.8. The van der Waals surface area contributed by atoms with Crippen molar-refractivity contribution < 1.29 is 27.8 Å². The molecule has 2 N–H and O–H groups in total. The van der Waals surface area contributed by atoms with E-state index in [2.05, 4.69) is 20.4 Å². The van der Waals surface area contributed by atoms with Gasteiger partial charge in [-0.3, -0.25) is 9.69 Å². The predicted octanol–water partition coefficient (Wildman–Crippen LogP) is 2.18. The van der Waals surface area contributed by atoms with Crippen molar-refractivity contribution in [3.63, 3.8) is 0 Å². The van der Waals surface area contributed by atoms with Crippen LogP contribution < -0.4 is 25.0 Å². The van der Waals surface area contributed by atoms with Crippen LogP contribution in [0.2, 0.25) is 0 Å². The van der Waals surface area contributed by atoms with Gasteiger partial charge in [-0.2, -0.15) is 8.78 Å². The van der Waals surface area contributed by atoms with Crippen LogP contribution in [0.3, 0.4) is 0 Å². The molecule has 0 spiro atoms. The highest BCUT2D eigenvalue weighted by Gasteiger charge is 2.24. The molecule has 156 valence electrons. The highest BCUT2D eigenvalue weighted by molar-refractivity contribution is 7.14. The monoisotopic (exact) mass is 426 g/mol. The molecule has 0 bridgehead atoms. The van der Waals surface area contributed by atoms with Crippen LogP contribution in [0.5, 0.6) is 11.5 Å². The van der Waals surface area contributed by atoms with Gasteiger partial charge in [-0.25, -0.2) is 9.78 Å². The Morgan fingerprint density at radius 3 is 2.93 bits per heavy atom. The predicted molar refractivity (Wildman–Crippen MR) is 103 cm³/mol. The lowest BCUT2D eigenvalue weighted by Crippen LogP contribution is -2.28. The number of halogens is 2. The molecule has 1 aromatic carbocycles. The zero-order valence-corrected chi connectivity index (χ0v) is 16.4. The summed E-state index contributed by atoms with van der Waals surface area (Å²) in [6.45, 7) is -1.50. The molecule has 2 aromatic rings. The number of hydrogen-bond acceptors (Lipinski definition) is 6. The number of urea groups is 1. The first-order valence-corrected chi connectivity index (χ1v) is 9.72. The number of methoxy groups -OCH3 is 1. The molecule has 0 atom stereocenters. The van der Waals surface area contributed by atoms with Gasteiger partial charge in [-0.05, 0) is 24.1 Å². The van der Waals surface area contributed by atoms with Crippen molar-refractivity contribution in [1.82, 2.24) is 15.6 Å². The fourth-order valence-electron chi connectivity index (χ4n) is 2.79.